The van der Waals surface area contributed by atoms with E-state index >= 15 is 0 Å². The Kier molecular flexibility index (Phi) is 5.51. The molecule has 31 heavy (non-hydrogen) atoms. The Hall–Kier alpha value is -3.23. The minimum Gasteiger partial charge on any atom is -0.497 e. The first-order valence-corrected chi connectivity index (χ1v) is 10.5. The molecular weight excluding hydrogens is 396 g/mol. The molecule has 1 aliphatic heterocycles. The van der Waals surface area contributed by atoms with Crippen LogP contribution in [0.5, 0.6) is 11.5 Å². The van der Waals surface area contributed by atoms with Crippen molar-refractivity contribution in [1.82, 2.24) is 19.7 Å². The molecule has 1 aliphatic rings. The first-order chi connectivity index (χ1) is 14.8. The van der Waals surface area contributed by atoms with Crippen LogP contribution in [0.25, 0.3) is 11.0 Å². The van der Waals surface area contributed by atoms with Gasteiger partial charge in [-0.2, -0.15) is 10.1 Å². The summed E-state index contributed by atoms with van der Waals surface area (Å²) in [5.41, 5.74) is 1.12. The zero-order valence-corrected chi connectivity index (χ0v) is 18.7. The Morgan fingerprint density at radius 1 is 1.16 bits per heavy atom. The van der Waals surface area contributed by atoms with Gasteiger partial charge in [0, 0.05) is 43.0 Å². The van der Waals surface area contributed by atoms with E-state index in [0.717, 1.165) is 43.1 Å². The van der Waals surface area contributed by atoms with Gasteiger partial charge in [0.2, 0.25) is 5.95 Å². The van der Waals surface area contributed by atoms with E-state index in [9.17, 15) is 4.79 Å². The third kappa shape index (κ3) is 4.30. The topological polar surface area (TPSA) is 97.3 Å². The monoisotopic (exact) mass is 426 g/mol. The van der Waals surface area contributed by atoms with E-state index in [0.29, 0.717) is 17.0 Å². The zero-order valence-electron chi connectivity index (χ0n) is 18.7. The van der Waals surface area contributed by atoms with E-state index in [4.69, 9.17) is 14.5 Å². The molecule has 2 N–H and O–H groups in total. The van der Waals surface area contributed by atoms with Crippen molar-refractivity contribution in [1.29, 1.82) is 0 Å². The van der Waals surface area contributed by atoms with Crippen LogP contribution in [0, 0.1) is 0 Å². The number of aromatic nitrogens is 4. The molecule has 1 fully saturated rings. The van der Waals surface area contributed by atoms with Crippen LogP contribution < -0.4 is 25.2 Å². The van der Waals surface area contributed by atoms with Crippen LogP contribution in [0.3, 0.4) is 0 Å². The maximum Gasteiger partial charge on any atom is 0.263 e. The Bertz CT molecular complexity index is 1110. The van der Waals surface area contributed by atoms with Crippen molar-refractivity contribution in [3.05, 3.63) is 34.7 Å². The van der Waals surface area contributed by atoms with Crippen molar-refractivity contribution in [2.24, 2.45) is 0 Å². The number of piperidine rings is 1. The number of methoxy groups -OCH3 is 2. The molecular formula is C22H30N6O3. The average molecular weight is 427 g/mol. The number of rotatable bonds is 5. The summed E-state index contributed by atoms with van der Waals surface area (Å²) in [6.07, 6.45) is 3.59. The van der Waals surface area contributed by atoms with Gasteiger partial charge in [0.25, 0.3) is 5.56 Å². The van der Waals surface area contributed by atoms with E-state index in [-0.39, 0.29) is 17.1 Å². The highest BCUT2D eigenvalue weighted by molar-refractivity contribution is 5.74. The molecule has 0 spiro atoms. The van der Waals surface area contributed by atoms with Gasteiger partial charge in [-0.15, -0.1) is 0 Å². The van der Waals surface area contributed by atoms with Crippen molar-refractivity contribution in [3.8, 4) is 11.5 Å². The quantitative estimate of drug-likeness (QED) is 0.647. The predicted octanol–water partition coefficient (Wildman–Crippen LogP) is 2.97. The number of hydrogen-bond acceptors (Lipinski definition) is 7. The maximum absolute atomic E-state index is 12.7. The molecule has 1 atom stereocenters. The molecule has 3 heterocycles. The highest BCUT2D eigenvalue weighted by Gasteiger charge is 2.25. The van der Waals surface area contributed by atoms with E-state index in [2.05, 4.69) is 20.3 Å². The lowest BCUT2D eigenvalue weighted by atomic mass is 10.1. The Balaban J connectivity index is 1.59. The summed E-state index contributed by atoms with van der Waals surface area (Å²) in [7, 11) is 3.28. The van der Waals surface area contributed by atoms with E-state index < -0.39 is 0 Å². The van der Waals surface area contributed by atoms with Gasteiger partial charge in [-0.05, 0) is 33.6 Å². The van der Waals surface area contributed by atoms with Crippen molar-refractivity contribution >= 4 is 22.7 Å². The minimum absolute atomic E-state index is 0.164. The first kappa shape index (κ1) is 21.0. The lowest BCUT2D eigenvalue weighted by Gasteiger charge is -2.34. The SMILES string of the molecule is COc1cc(NC2CCCN(c3nc4c(cnn4C(C)(C)C)c(=O)[nH]3)C2)cc(OC)c1. The van der Waals surface area contributed by atoms with Gasteiger partial charge < -0.3 is 19.7 Å². The number of anilines is 2. The van der Waals surface area contributed by atoms with Crippen molar-refractivity contribution in [3.63, 3.8) is 0 Å². The Morgan fingerprint density at radius 2 is 1.87 bits per heavy atom. The van der Waals surface area contributed by atoms with E-state index in [1.807, 2.05) is 43.7 Å². The normalized spacial score (nSPS) is 17.1. The molecule has 9 heteroatoms. The molecule has 4 rings (SSSR count). The summed E-state index contributed by atoms with van der Waals surface area (Å²) < 4.78 is 12.6. The Morgan fingerprint density at radius 3 is 2.52 bits per heavy atom. The summed E-state index contributed by atoms with van der Waals surface area (Å²) >= 11 is 0. The highest BCUT2D eigenvalue weighted by atomic mass is 16.5. The van der Waals surface area contributed by atoms with Gasteiger partial charge >= 0.3 is 0 Å². The highest BCUT2D eigenvalue weighted by Crippen LogP contribution is 2.28. The van der Waals surface area contributed by atoms with Crippen LogP contribution in [-0.2, 0) is 5.54 Å². The fraction of sp³-hybridized carbons (Fsp3) is 0.500. The average Bonchev–Trinajstić information content (AvgIpc) is 3.19. The molecule has 166 valence electrons. The molecule has 0 bridgehead atoms. The smallest absolute Gasteiger partial charge is 0.263 e. The van der Waals surface area contributed by atoms with E-state index in [1.54, 1.807) is 20.4 Å². The van der Waals surface area contributed by atoms with Gasteiger partial charge in [-0.25, -0.2) is 4.68 Å². The molecule has 0 amide bonds. The Labute approximate surface area is 181 Å². The number of H-pyrrole nitrogens is 1. The second-order valence-electron chi connectivity index (χ2n) is 8.88. The molecule has 9 nitrogen and oxygen atoms in total. The van der Waals surface area contributed by atoms with Crippen LogP contribution in [0.15, 0.2) is 29.2 Å². The number of benzene rings is 1. The van der Waals surface area contributed by atoms with Gasteiger partial charge in [-0.3, -0.25) is 9.78 Å². The molecule has 1 unspecified atom stereocenters. The van der Waals surface area contributed by atoms with Crippen LogP contribution >= 0.6 is 0 Å². The number of hydrogen-bond donors (Lipinski definition) is 2. The van der Waals surface area contributed by atoms with Crippen molar-refractivity contribution in [2.75, 3.05) is 37.5 Å². The van der Waals surface area contributed by atoms with Crippen molar-refractivity contribution in [2.45, 2.75) is 45.2 Å². The number of fused-ring (bicyclic) bond motifs is 1. The van der Waals surface area contributed by atoms with Gasteiger partial charge in [-0.1, -0.05) is 0 Å². The predicted molar refractivity (Wildman–Crippen MR) is 122 cm³/mol. The maximum atomic E-state index is 12.7. The molecule has 2 aromatic heterocycles. The number of aromatic amines is 1. The molecule has 3 aromatic rings. The standard InChI is InChI=1S/C22H30N6O3/c1-22(2,3)28-19-18(12-23-28)20(29)26-21(25-19)27-8-6-7-14(13-27)24-15-9-16(30-4)11-17(10-15)31-5/h9-12,14,24H,6-8,13H2,1-5H3,(H,25,26,29). The van der Waals surface area contributed by atoms with Crippen LogP contribution in [0.4, 0.5) is 11.6 Å². The second kappa shape index (κ2) is 8.13. The van der Waals surface area contributed by atoms with Gasteiger partial charge in [0.15, 0.2) is 5.65 Å². The summed E-state index contributed by atoms with van der Waals surface area (Å²) in [6.45, 7) is 7.69. The largest absolute Gasteiger partial charge is 0.497 e. The number of ether oxygens (including phenoxy) is 2. The summed E-state index contributed by atoms with van der Waals surface area (Å²) in [5, 5.41) is 8.48. The fourth-order valence-corrected chi connectivity index (χ4v) is 3.96. The van der Waals surface area contributed by atoms with E-state index in [1.165, 1.54) is 0 Å². The lowest BCUT2D eigenvalue weighted by molar-refractivity contribution is 0.365. The summed E-state index contributed by atoms with van der Waals surface area (Å²) in [5.74, 6) is 2.06. The molecule has 0 saturated carbocycles. The van der Waals surface area contributed by atoms with Crippen LogP contribution in [0.1, 0.15) is 33.6 Å². The first-order valence-electron chi connectivity index (χ1n) is 10.5. The third-order valence-corrected chi connectivity index (χ3v) is 5.50. The molecule has 1 saturated heterocycles. The number of nitrogens with one attached hydrogen (secondary N) is 2. The molecule has 0 aliphatic carbocycles. The minimum atomic E-state index is -0.267. The van der Waals surface area contributed by atoms with Crippen LogP contribution in [0.2, 0.25) is 0 Å². The molecule has 0 radical (unpaired) electrons. The zero-order chi connectivity index (χ0) is 22.2. The summed E-state index contributed by atoms with van der Waals surface area (Å²) in [4.78, 5) is 22.5. The summed E-state index contributed by atoms with van der Waals surface area (Å²) in [6, 6.07) is 5.95. The second-order valence-corrected chi connectivity index (χ2v) is 8.88. The van der Waals surface area contributed by atoms with Gasteiger partial charge in [0.1, 0.15) is 16.9 Å². The lowest BCUT2D eigenvalue weighted by Crippen LogP contribution is -2.43. The van der Waals surface area contributed by atoms with Crippen LogP contribution in [-0.4, -0.2) is 53.1 Å². The molecule has 1 aromatic carbocycles. The third-order valence-electron chi connectivity index (χ3n) is 5.50. The fourth-order valence-electron chi connectivity index (χ4n) is 3.96. The van der Waals surface area contributed by atoms with Gasteiger partial charge in [0.05, 0.1) is 26.0 Å². The number of nitrogens with zero attached hydrogens (tertiary/aromatic N) is 4. The van der Waals surface area contributed by atoms with Crippen molar-refractivity contribution < 1.29 is 9.47 Å².